The minimum atomic E-state index is -0.0775. The summed E-state index contributed by atoms with van der Waals surface area (Å²) in [6.45, 7) is 0.214. The zero-order valence-electron chi connectivity index (χ0n) is 11.5. The van der Waals surface area contributed by atoms with Gasteiger partial charge in [0.05, 0.1) is 6.54 Å². The molecule has 2 nitrogen and oxygen atoms in total. The molecule has 1 aromatic rings. The van der Waals surface area contributed by atoms with E-state index in [1.54, 1.807) is 0 Å². The van der Waals surface area contributed by atoms with Gasteiger partial charge in [-0.1, -0.05) is 28.1 Å². The lowest BCUT2D eigenvalue weighted by Crippen LogP contribution is -2.49. The van der Waals surface area contributed by atoms with Crippen LogP contribution in [0, 0.1) is 5.41 Å². The van der Waals surface area contributed by atoms with Crippen molar-refractivity contribution in [2.75, 3.05) is 6.54 Å². The van der Waals surface area contributed by atoms with Gasteiger partial charge in [0.25, 0.3) is 0 Å². The van der Waals surface area contributed by atoms with E-state index in [1.807, 2.05) is 0 Å². The SMILES string of the molecule is Cl.NCC(=O)C12CCC(c3ccc(Br)cc3)(CC1)CC2. The van der Waals surface area contributed by atoms with E-state index in [2.05, 4.69) is 40.2 Å². The summed E-state index contributed by atoms with van der Waals surface area (Å²) in [6, 6.07) is 8.75. The average Bonchev–Trinajstić information content (AvgIpc) is 2.49. The fraction of sp³-hybridized carbons (Fsp3) is 0.562. The average molecular weight is 359 g/mol. The van der Waals surface area contributed by atoms with Crippen LogP contribution in [0.2, 0.25) is 0 Å². The number of carbonyl (C=O) groups excluding carboxylic acids is 1. The third kappa shape index (κ3) is 2.44. The van der Waals surface area contributed by atoms with Crippen molar-refractivity contribution in [2.45, 2.75) is 43.9 Å². The number of ketones is 1. The third-order valence-electron chi connectivity index (χ3n) is 5.48. The molecule has 0 atom stereocenters. The van der Waals surface area contributed by atoms with Crippen molar-refractivity contribution in [3.63, 3.8) is 0 Å². The van der Waals surface area contributed by atoms with Gasteiger partial charge in [0.2, 0.25) is 0 Å². The fourth-order valence-corrected chi connectivity index (χ4v) is 4.32. The van der Waals surface area contributed by atoms with Gasteiger partial charge in [-0.15, -0.1) is 12.4 Å². The highest BCUT2D eigenvalue weighted by molar-refractivity contribution is 9.10. The van der Waals surface area contributed by atoms with E-state index < -0.39 is 0 Å². The van der Waals surface area contributed by atoms with E-state index in [4.69, 9.17) is 5.73 Å². The standard InChI is InChI=1S/C16H20BrNO.ClH/c17-13-3-1-12(2-4-13)15-5-8-16(9-6-15,10-7-15)14(19)11-18;/h1-4H,5-11,18H2;1H. The maximum absolute atomic E-state index is 12.1. The molecule has 110 valence electrons. The predicted octanol–water partition coefficient (Wildman–Crippen LogP) is 3.99. The molecule has 0 saturated heterocycles. The summed E-state index contributed by atoms with van der Waals surface area (Å²) in [7, 11) is 0. The zero-order chi connectivity index (χ0) is 13.5. The molecule has 1 aromatic carbocycles. The Morgan fingerprint density at radius 2 is 1.55 bits per heavy atom. The van der Waals surface area contributed by atoms with E-state index >= 15 is 0 Å². The van der Waals surface area contributed by atoms with Gasteiger partial charge in [0, 0.05) is 9.89 Å². The van der Waals surface area contributed by atoms with E-state index in [9.17, 15) is 4.79 Å². The second-order valence-electron chi connectivity index (χ2n) is 6.19. The first-order valence-corrected chi connectivity index (χ1v) is 7.89. The first-order chi connectivity index (χ1) is 9.10. The molecule has 4 rings (SSSR count). The van der Waals surface area contributed by atoms with Crippen molar-refractivity contribution < 1.29 is 4.79 Å². The van der Waals surface area contributed by atoms with Crippen LogP contribution < -0.4 is 5.73 Å². The van der Waals surface area contributed by atoms with Crippen LogP contribution in [0.5, 0.6) is 0 Å². The molecule has 0 spiro atoms. The minimum Gasteiger partial charge on any atom is -0.324 e. The first kappa shape index (κ1) is 16.0. The van der Waals surface area contributed by atoms with Gasteiger partial charge in [0.1, 0.15) is 0 Å². The number of rotatable bonds is 3. The van der Waals surface area contributed by atoms with Crippen molar-refractivity contribution in [1.29, 1.82) is 0 Å². The molecule has 0 aliphatic heterocycles. The lowest BCUT2D eigenvalue weighted by atomic mass is 9.51. The number of fused-ring (bicyclic) bond motifs is 3. The quantitative estimate of drug-likeness (QED) is 0.887. The topological polar surface area (TPSA) is 43.1 Å². The van der Waals surface area contributed by atoms with Gasteiger partial charge in [-0.25, -0.2) is 0 Å². The maximum Gasteiger partial charge on any atom is 0.152 e. The molecule has 4 heteroatoms. The normalized spacial score (nSPS) is 31.7. The Labute approximate surface area is 135 Å². The fourth-order valence-electron chi connectivity index (χ4n) is 4.06. The van der Waals surface area contributed by atoms with Crippen molar-refractivity contribution in [3.05, 3.63) is 34.3 Å². The number of Topliss-reactive ketones (excluding diaryl/α,β-unsaturated/α-hetero) is 1. The second-order valence-corrected chi connectivity index (χ2v) is 7.11. The Bertz CT molecular complexity index is 475. The molecule has 3 aliphatic carbocycles. The second kappa shape index (κ2) is 5.78. The Hall–Kier alpha value is -0.380. The Balaban J connectivity index is 0.00000147. The summed E-state index contributed by atoms with van der Waals surface area (Å²) in [5.41, 5.74) is 7.27. The highest BCUT2D eigenvalue weighted by Gasteiger charge is 2.51. The zero-order valence-corrected chi connectivity index (χ0v) is 13.9. The third-order valence-corrected chi connectivity index (χ3v) is 6.01. The largest absolute Gasteiger partial charge is 0.324 e. The monoisotopic (exact) mass is 357 g/mol. The summed E-state index contributed by atoms with van der Waals surface area (Å²) >= 11 is 3.50. The lowest BCUT2D eigenvalue weighted by molar-refractivity contribution is -0.134. The van der Waals surface area contributed by atoms with E-state index in [1.165, 1.54) is 5.56 Å². The lowest BCUT2D eigenvalue weighted by Gasteiger charge is -2.53. The Morgan fingerprint density at radius 3 is 2.00 bits per heavy atom. The smallest absolute Gasteiger partial charge is 0.152 e. The molecule has 0 heterocycles. The van der Waals surface area contributed by atoms with E-state index in [-0.39, 0.29) is 30.2 Å². The first-order valence-electron chi connectivity index (χ1n) is 7.10. The van der Waals surface area contributed by atoms with Crippen molar-refractivity contribution in [1.82, 2.24) is 0 Å². The highest BCUT2D eigenvalue weighted by atomic mass is 79.9. The summed E-state index contributed by atoms with van der Waals surface area (Å²) in [4.78, 5) is 12.1. The molecule has 0 amide bonds. The van der Waals surface area contributed by atoms with Crippen LogP contribution in [0.4, 0.5) is 0 Å². The van der Waals surface area contributed by atoms with E-state index in [0.29, 0.717) is 5.41 Å². The van der Waals surface area contributed by atoms with Crippen LogP contribution in [-0.4, -0.2) is 12.3 Å². The van der Waals surface area contributed by atoms with Gasteiger partial charge in [-0.2, -0.15) is 0 Å². The molecule has 20 heavy (non-hydrogen) atoms. The van der Waals surface area contributed by atoms with E-state index in [0.717, 1.165) is 43.0 Å². The van der Waals surface area contributed by atoms with Gasteiger partial charge < -0.3 is 5.73 Å². The molecule has 0 unspecified atom stereocenters. The van der Waals surface area contributed by atoms with Gasteiger partial charge >= 0.3 is 0 Å². The number of nitrogens with two attached hydrogens (primary N) is 1. The molecule has 3 saturated carbocycles. The number of halogens is 2. The summed E-state index contributed by atoms with van der Waals surface area (Å²) in [5.74, 6) is 0.289. The van der Waals surface area contributed by atoms with Crippen LogP contribution in [0.15, 0.2) is 28.7 Å². The molecule has 2 bridgehead atoms. The van der Waals surface area contributed by atoms with Gasteiger partial charge in [-0.05, 0) is 61.6 Å². The number of carbonyl (C=O) groups is 1. The number of hydrogen-bond donors (Lipinski definition) is 1. The highest BCUT2D eigenvalue weighted by Crippen LogP contribution is 2.58. The van der Waals surface area contributed by atoms with Crippen LogP contribution in [-0.2, 0) is 10.2 Å². The molecule has 0 aromatic heterocycles. The summed E-state index contributed by atoms with van der Waals surface area (Å²) in [6.07, 6.45) is 6.50. The maximum atomic E-state index is 12.1. The van der Waals surface area contributed by atoms with Crippen LogP contribution in [0.3, 0.4) is 0 Å². The number of benzene rings is 1. The summed E-state index contributed by atoms with van der Waals surface area (Å²) in [5, 5.41) is 0. The van der Waals surface area contributed by atoms with Crippen LogP contribution in [0.25, 0.3) is 0 Å². The van der Waals surface area contributed by atoms with Crippen molar-refractivity contribution >= 4 is 34.1 Å². The van der Waals surface area contributed by atoms with Gasteiger partial charge in [0.15, 0.2) is 5.78 Å². The minimum absolute atomic E-state index is 0. The molecule has 0 radical (unpaired) electrons. The van der Waals surface area contributed by atoms with Gasteiger partial charge in [-0.3, -0.25) is 4.79 Å². The Morgan fingerprint density at radius 1 is 1.05 bits per heavy atom. The predicted molar refractivity (Wildman–Crippen MR) is 87.3 cm³/mol. The van der Waals surface area contributed by atoms with Crippen molar-refractivity contribution in [2.24, 2.45) is 11.1 Å². The molecular formula is C16H21BrClNO. The molecule has 3 aliphatic rings. The molecular weight excluding hydrogens is 338 g/mol. The van der Waals surface area contributed by atoms with Crippen LogP contribution in [0.1, 0.15) is 44.1 Å². The summed E-state index contributed by atoms with van der Waals surface area (Å²) < 4.78 is 1.13. The van der Waals surface area contributed by atoms with Crippen molar-refractivity contribution in [3.8, 4) is 0 Å². The molecule has 2 N–H and O–H groups in total. The Kier molecular flexibility index (Phi) is 4.63. The molecule has 3 fully saturated rings. The van der Waals surface area contributed by atoms with Crippen LogP contribution >= 0.6 is 28.3 Å². The number of hydrogen-bond acceptors (Lipinski definition) is 2.